The molecule has 2 aromatic heterocycles. The maximum atomic E-state index is 13.7. The molecule has 2 aromatic carbocycles. The highest BCUT2D eigenvalue weighted by molar-refractivity contribution is 7.07. The monoisotopic (exact) mass is 570 g/mol. The number of ether oxygens (including phenoxy) is 1. The highest BCUT2D eigenvalue weighted by Gasteiger charge is 2.30. The molecule has 1 aliphatic heterocycles. The minimum atomic E-state index is -0.189. The van der Waals surface area contributed by atoms with Crippen LogP contribution in [0.3, 0.4) is 0 Å². The molecule has 0 radical (unpaired) electrons. The standard InChI is InChI=1S/C31H34N6O3S/c1-19-13-22(16-31(3,4)15-19)34-36-25(21-11-12-26-24(14-21)32-27(38)17-40-26)18-41-30(36)33-28-20(2)35(5)37(29(28)39)23-9-7-6-8-10-23/h6-12,14,18-19H,13,15-17H2,1-5H3,(H,32,38). The third-order valence-electron chi connectivity index (χ3n) is 7.73. The van der Waals surface area contributed by atoms with E-state index in [4.69, 9.17) is 14.8 Å². The van der Waals surface area contributed by atoms with Crippen LogP contribution >= 0.6 is 11.3 Å². The fraction of sp³-hybridized carbons (Fsp3) is 0.355. The Balaban J connectivity index is 1.53. The predicted molar refractivity (Wildman–Crippen MR) is 162 cm³/mol. The zero-order chi connectivity index (χ0) is 28.9. The molecular weight excluding hydrogens is 536 g/mol. The largest absolute Gasteiger partial charge is 0.482 e. The maximum Gasteiger partial charge on any atom is 0.297 e. The fourth-order valence-electron chi connectivity index (χ4n) is 6.03. The molecule has 212 valence electrons. The van der Waals surface area contributed by atoms with E-state index in [1.807, 2.05) is 77.2 Å². The SMILES string of the molecule is Cc1c(N=c2scc(-c3ccc4c(c3)NC(=O)CO4)n2N=C2CC(C)CC(C)(C)C2)c(=O)n(-c2ccccc2)n1C. The molecule has 1 atom stereocenters. The lowest BCUT2D eigenvalue weighted by Crippen LogP contribution is -2.29. The van der Waals surface area contributed by atoms with E-state index in [1.165, 1.54) is 11.3 Å². The fourth-order valence-corrected chi connectivity index (χ4v) is 6.86. The van der Waals surface area contributed by atoms with E-state index in [1.54, 1.807) is 4.68 Å². The van der Waals surface area contributed by atoms with Crippen molar-refractivity contribution in [2.75, 3.05) is 11.9 Å². The van der Waals surface area contributed by atoms with Crippen LogP contribution in [0, 0.1) is 18.3 Å². The van der Waals surface area contributed by atoms with Crippen molar-refractivity contribution in [1.82, 2.24) is 14.0 Å². The summed E-state index contributed by atoms with van der Waals surface area (Å²) < 4.78 is 10.9. The Labute approximate surface area is 242 Å². The number of anilines is 1. The van der Waals surface area contributed by atoms with E-state index in [-0.39, 0.29) is 23.5 Å². The number of nitrogens with one attached hydrogen (secondary N) is 1. The van der Waals surface area contributed by atoms with E-state index in [2.05, 4.69) is 26.1 Å². The van der Waals surface area contributed by atoms with Crippen molar-refractivity contribution >= 4 is 34.3 Å². The van der Waals surface area contributed by atoms with Gasteiger partial charge in [-0.1, -0.05) is 39.0 Å². The second-order valence-corrected chi connectivity index (χ2v) is 12.6. The number of carbonyl (C=O) groups is 1. The van der Waals surface area contributed by atoms with E-state index >= 15 is 0 Å². The molecule has 6 rings (SSSR count). The number of benzene rings is 2. The summed E-state index contributed by atoms with van der Waals surface area (Å²) in [5, 5.41) is 10.1. The zero-order valence-electron chi connectivity index (χ0n) is 24.0. The van der Waals surface area contributed by atoms with E-state index in [0.29, 0.717) is 27.8 Å². The molecule has 9 nitrogen and oxygen atoms in total. The molecule has 0 bridgehead atoms. The molecule has 3 heterocycles. The summed E-state index contributed by atoms with van der Waals surface area (Å²) >= 11 is 1.43. The lowest BCUT2D eigenvalue weighted by molar-refractivity contribution is -0.118. The normalized spacial score (nSPS) is 19.6. The number of rotatable bonds is 4. The predicted octanol–water partition coefficient (Wildman–Crippen LogP) is 5.63. The summed E-state index contributed by atoms with van der Waals surface area (Å²) in [4.78, 5) is 31.2. The lowest BCUT2D eigenvalue weighted by Gasteiger charge is -2.34. The van der Waals surface area contributed by atoms with Gasteiger partial charge in [-0.15, -0.1) is 11.3 Å². The molecule has 0 saturated heterocycles. The van der Waals surface area contributed by atoms with Crippen LogP contribution in [-0.4, -0.2) is 32.3 Å². The smallest absolute Gasteiger partial charge is 0.297 e. The molecule has 1 N–H and O–H groups in total. The van der Waals surface area contributed by atoms with E-state index < -0.39 is 0 Å². The molecule has 4 aromatic rings. The Morgan fingerprint density at radius 3 is 2.66 bits per heavy atom. The number of aromatic nitrogens is 3. The van der Waals surface area contributed by atoms with Gasteiger partial charge in [0.25, 0.3) is 11.5 Å². The third kappa shape index (κ3) is 5.19. The molecule has 2 aliphatic rings. The third-order valence-corrected chi connectivity index (χ3v) is 8.55. The Hall–Kier alpha value is -4.18. The van der Waals surface area contributed by atoms with Crippen LogP contribution in [0.4, 0.5) is 11.4 Å². The van der Waals surface area contributed by atoms with Gasteiger partial charge in [0.1, 0.15) is 5.75 Å². The number of fused-ring (bicyclic) bond motifs is 1. The Morgan fingerprint density at radius 2 is 1.90 bits per heavy atom. The molecule has 0 spiro atoms. The van der Waals surface area contributed by atoms with Crippen LogP contribution in [0.15, 0.2) is 68.8 Å². The van der Waals surface area contributed by atoms with Crippen LogP contribution < -0.4 is 20.4 Å². The molecule has 1 aliphatic carbocycles. The van der Waals surface area contributed by atoms with Crippen molar-refractivity contribution in [2.45, 2.75) is 47.0 Å². The quantitative estimate of drug-likeness (QED) is 0.345. The first-order valence-corrected chi connectivity index (χ1v) is 14.7. The van der Waals surface area contributed by atoms with Gasteiger partial charge in [-0.25, -0.2) is 14.4 Å². The maximum absolute atomic E-state index is 13.7. The Bertz CT molecular complexity index is 1810. The van der Waals surface area contributed by atoms with E-state index in [9.17, 15) is 9.59 Å². The van der Waals surface area contributed by atoms with Gasteiger partial charge >= 0.3 is 0 Å². The van der Waals surface area contributed by atoms with Crippen molar-refractivity contribution in [1.29, 1.82) is 0 Å². The molecule has 1 saturated carbocycles. The first-order chi connectivity index (χ1) is 19.6. The van der Waals surface area contributed by atoms with Crippen LogP contribution in [0.2, 0.25) is 0 Å². The average Bonchev–Trinajstić information content (AvgIpc) is 3.40. The van der Waals surface area contributed by atoms with Gasteiger partial charge < -0.3 is 10.1 Å². The van der Waals surface area contributed by atoms with Gasteiger partial charge in [-0.2, -0.15) is 5.10 Å². The second kappa shape index (κ2) is 10.3. The summed E-state index contributed by atoms with van der Waals surface area (Å²) in [6, 6.07) is 15.3. The van der Waals surface area contributed by atoms with Crippen molar-refractivity contribution in [3.63, 3.8) is 0 Å². The van der Waals surface area contributed by atoms with Crippen molar-refractivity contribution < 1.29 is 9.53 Å². The summed E-state index contributed by atoms with van der Waals surface area (Å²) in [5.74, 6) is 0.971. The number of hydrogen-bond donors (Lipinski definition) is 1. The van der Waals surface area contributed by atoms with Crippen molar-refractivity contribution in [2.24, 2.45) is 28.5 Å². The van der Waals surface area contributed by atoms with Crippen LogP contribution in [0.25, 0.3) is 16.9 Å². The second-order valence-electron chi connectivity index (χ2n) is 11.8. The van der Waals surface area contributed by atoms with Gasteiger partial charge in [0.15, 0.2) is 12.3 Å². The number of amides is 1. The first kappa shape index (κ1) is 27.0. The topological polar surface area (TPSA) is 94.9 Å². The zero-order valence-corrected chi connectivity index (χ0v) is 24.8. The number of para-hydroxylation sites is 1. The summed E-state index contributed by atoms with van der Waals surface area (Å²) in [6.45, 7) is 8.75. The Morgan fingerprint density at radius 1 is 1.12 bits per heavy atom. The molecular formula is C31H34N6O3S. The Kier molecular flexibility index (Phi) is 6.81. The number of carbonyl (C=O) groups excluding carboxylic acids is 1. The molecule has 41 heavy (non-hydrogen) atoms. The lowest BCUT2D eigenvalue weighted by atomic mass is 9.72. The minimum Gasteiger partial charge on any atom is -0.482 e. The summed E-state index contributed by atoms with van der Waals surface area (Å²) in [5.41, 5.74) is 5.31. The minimum absolute atomic E-state index is 0.00634. The van der Waals surface area contributed by atoms with Crippen molar-refractivity contribution in [3.05, 3.63) is 74.8 Å². The van der Waals surface area contributed by atoms with Gasteiger partial charge in [0.05, 0.1) is 22.8 Å². The highest BCUT2D eigenvalue weighted by Crippen LogP contribution is 2.38. The average molecular weight is 571 g/mol. The van der Waals surface area contributed by atoms with Crippen LogP contribution in [0.1, 0.15) is 45.7 Å². The van der Waals surface area contributed by atoms with Gasteiger partial charge in [-0.3, -0.25) is 14.3 Å². The summed E-state index contributed by atoms with van der Waals surface area (Å²) in [6.07, 6.45) is 2.94. The van der Waals surface area contributed by atoms with Gasteiger partial charge in [0, 0.05) is 23.7 Å². The molecule has 1 unspecified atom stereocenters. The van der Waals surface area contributed by atoms with E-state index in [0.717, 1.165) is 47.6 Å². The molecule has 1 fully saturated rings. The highest BCUT2D eigenvalue weighted by atomic mass is 32.1. The molecule has 1 amide bonds. The number of nitrogens with zero attached hydrogens (tertiary/aromatic N) is 5. The number of hydrogen-bond acceptors (Lipinski definition) is 6. The molecule has 10 heteroatoms. The van der Waals surface area contributed by atoms with Crippen LogP contribution in [0.5, 0.6) is 5.75 Å². The summed E-state index contributed by atoms with van der Waals surface area (Å²) in [7, 11) is 1.87. The van der Waals surface area contributed by atoms with Gasteiger partial charge in [0.2, 0.25) is 4.80 Å². The number of thiazole rings is 1. The van der Waals surface area contributed by atoms with Gasteiger partial charge in [-0.05, 0) is 67.9 Å². The van der Waals surface area contributed by atoms with Crippen molar-refractivity contribution in [3.8, 4) is 22.7 Å². The first-order valence-electron chi connectivity index (χ1n) is 13.8. The van der Waals surface area contributed by atoms with Crippen LogP contribution in [-0.2, 0) is 11.8 Å².